The van der Waals surface area contributed by atoms with Gasteiger partial charge in [-0.1, -0.05) is 24.3 Å². The Morgan fingerprint density at radius 1 is 1.10 bits per heavy atom. The number of esters is 1. The van der Waals surface area contributed by atoms with Crippen LogP contribution < -0.4 is 20.1 Å². The average Bonchev–Trinajstić information content (AvgIpc) is 2.75. The summed E-state index contributed by atoms with van der Waals surface area (Å²) in [6.07, 6.45) is 0. The predicted octanol–water partition coefficient (Wildman–Crippen LogP) is 3.34. The van der Waals surface area contributed by atoms with Crippen molar-refractivity contribution in [2.45, 2.75) is 26.6 Å². The van der Waals surface area contributed by atoms with E-state index in [0.29, 0.717) is 29.4 Å². The number of aliphatic imine (C=N–C) groups is 1. The van der Waals surface area contributed by atoms with Crippen molar-refractivity contribution in [3.05, 3.63) is 59.2 Å². The highest BCUT2D eigenvalue weighted by molar-refractivity contribution is 5.92. The van der Waals surface area contributed by atoms with Crippen molar-refractivity contribution in [3.8, 4) is 11.5 Å². The summed E-state index contributed by atoms with van der Waals surface area (Å²) in [4.78, 5) is 16.4. The molecule has 162 valence electrons. The Bertz CT molecular complexity index is 875. The van der Waals surface area contributed by atoms with Gasteiger partial charge in [-0.3, -0.25) is 0 Å². The van der Waals surface area contributed by atoms with Gasteiger partial charge in [0.2, 0.25) is 0 Å². The summed E-state index contributed by atoms with van der Waals surface area (Å²) in [6, 6.07) is 11.7. The summed E-state index contributed by atoms with van der Waals surface area (Å²) < 4.78 is 39.7. The lowest BCUT2D eigenvalue weighted by Crippen LogP contribution is -2.36. The summed E-state index contributed by atoms with van der Waals surface area (Å²) in [5, 5.41) is 6.18. The van der Waals surface area contributed by atoms with Gasteiger partial charge in [0.15, 0.2) is 5.96 Å². The summed E-state index contributed by atoms with van der Waals surface area (Å²) in [5.41, 5.74) is 1.65. The van der Waals surface area contributed by atoms with Crippen LogP contribution in [0.1, 0.15) is 28.4 Å². The number of halogens is 2. The van der Waals surface area contributed by atoms with Gasteiger partial charge in [-0.2, -0.15) is 8.78 Å². The molecule has 0 spiro atoms. The zero-order valence-electron chi connectivity index (χ0n) is 17.1. The first kappa shape index (κ1) is 22.9. The number of hydrogen-bond acceptors (Lipinski definition) is 5. The Morgan fingerprint density at radius 3 is 2.53 bits per heavy atom. The molecule has 0 saturated carbocycles. The van der Waals surface area contributed by atoms with Gasteiger partial charge in [-0.15, -0.1) is 0 Å². The van der Waals surface area contributed by atoms with Gasteiger partial charge in [-0.25, -0.2) is 9.79 Å². The molecule has 0 atom stereocenters. The summed E-state index contributed by atoms with van der Waals surface area (Å²) in [5.74, 6) is 0.502. The van der Waals surface area contributed by atoms with Crippen LogP contribution >= 0.6 is 0 Å². The van der Waals surface area contributed by atoms with E-state index < -0.39 is 12.6 Å². The van der Waals surface area contributed by atoms with Crippen molar-refractivity contribution in [3.63, 3.8) is 0 Å². The normalized spacial score (nSPS) is 11.2. The van der Waals surface area contributed by atoms with Crippen LogP contribution in [0.25, 0.3) is 0 Å². The number of hydrogen-bond donors (Lipinski definition) is 2. The van der Waals surface area contributed by atoms with Gasteiger partial charge < -0.3 is 24.8 Å². The van der Waals surface area contributed by atoms with Gasteiger partial charge in [0.05, 0.1) is 20.8 Å². The fraction of sp³-hybridized carbons (Fsp3) is 0.333. The van der Waals surface area contributed by atoms with Crippen molar-refractivity contribution in [1.82, 2.24) is 10.6 Å². The van der Waals surface area contributed by atoms with Gasteiger partial charge >= 0.3 is 12.6 Å². The fourth-order valence-electron chi connectivity index (χ4n) is 2.67. The third-order valence-electron chi connectivity index (χ3n) is 4.07. The van der Waals surface area contributed by atoms with Gasteiger partial charge in [0, 0.05) is 18.7 Å². The van der Waals surface area contributed by atoms with Gasteiger partial charge in [0.1, 0.15) is 17.1 Å². The molecule has 0 aliphatic rings. The number of guanidine groups is 1. The topological polar surface area (TPSA) is 81.2 Å². The van der Waals surface area contributed by atoms with Crippen molar-refractivity contribution >= 4 is 11.9 Å². The predicted molar refractivity (Wildman–Crippen MR) is 109 cm³/mol. The average molecular weight is 421 g/mol. The van der Waals surface area contributed by atoms with Crippen molar-refractivity contribution < 1.29 is 27.8 Å². The maximum Gasteiger partial charge on any atom is 0.387 e. The van der Waals surface area contributed by atoms with Crippen LogP contribution in [-0.2, 0) is 17.8 Å². The molecule has 0 bridgehead atoms. The highest BCUT2D eigenvalue weighted by Crippen LogP contribution is 2.22. The summed E-state index contributed by atoms with van der Waals surface area (Å²) in [6.45, 7) is 0.140. The number of nitrogens with one attached hydrogen (secondary N) is 2. The molecule has 9 heteroatoms. The maximum absolute atomic E-state index is 12.6. The zero-order valence-corrected chi connectivity index (χ0v) is 17.1. The molecule has 0 unspecified atom stereocenters. The molecule has 0 aromatic heterocycles. The Morgan fingerprint density at radius 2 is 1.87 bits per heavy atom. The first-order valence-electron chi connectivity index (χ1n) is 9.28. The van der Waals surface area contributed by atoms with E-state index in [1.165, 1.54) is 20.3 Å². The van der Waals surface area contributed by atoms with E-state index in [9.17, 15) is 13.6 Å². The molecule has 0 aliphatic carbocycles. The third kappa shape index (κ3) is 6.61. The SMILES string of the molecule is CCNC(=NCc1ccc(OC)c(C(=O)OC)c1)NCc1ccccc1OC(F)F. The number of benzene rings is 2. The van der Waals surface area contributed by atoms with E-state index in [4.69, 9.17) is 9.47 Å². The molecule has 0 amide bonds. The van der Waals surface area contributed by atoms with Crippen LogP contribution in [0.3, 0.4) is 0 Å². The standard InChI is InChI=1S/C21H25F2N3O4/c1-4-24-21(26-13-15-7-5-6-8-17(15)30-20(22)23)25-12-14-9-10-18(28-2)16(11-14)19(27)29-3/h5-11,20H,4,12-13H2,1-3H3,(H2,24,25,26). The molecule has 2 aromatic carbocycles. The summed E-state index contributed by atoms with van der Waals surface area (Å²) >= 11 is 0. The second kappa shape index (κ2) is 11.6. The minimum atomic E-state index is -2.90. The van der Waals surface area contributed by atoms with E-state index in [1.807, 2.05) is 6.92 Å². The second-order valence-corrected chi connectivity index (χ2v) is 6.06. The van der Waals surface area contributed by atoms with Crippen molar-refractivity contribution in [1.29, 1.82) is 0 Å². The molecular formula is C21H25F2N3O4. The molecule has 0 saturated heterocycles. The quantitative estimate of drug-likeness (QED) is 0.367. The largest absolute Gasteiger partial charge is 0.496 e. The molecule has 0 heterocycles. The molecule has 0 aliphatic heterocycles. The lowest BCUT2D eigenvalue weighted by Gasteiger charge is -2.14. The first-order chi connectivity index (χ1) is 14.5. The Balaban J connectivity index is 2.13. The lowest BCUT2D eigenvalue weighted by molar-refractivity contribution is -0.0504. The van der Waals surface area contributed by atoms with Crippen LogP contribution in [0, 0.1) is 0 Å². The first-order valence-corrected chi connectivity index (χ1v) is 9.28. The second-order valence-electron chi connectivity index (χ2n) is 6.06. The molecule has 2 aromatic rings. The third-order valence-corrected chi connectivity index (χ3v) is 4.07. The molecular weight excluding hydrogens is 396 g/mol. The van der Waals surface area contributed by atoms with Crippen LogP contribution in [0.2, 0.25) is 0 Å². The molecule has 0 radical (unpaired) electrons. The molecule has 0 fully saturated rings. The van der Waals surface area contributed by atoms with Gasteiger partial charge in [0.25, 0.3) is 0 Å². The Hall–Kier alpha value is -3.36. The van der Waals surface area contributed by atoms with Crippen LogP contribution in [0.4, 0.5) is 8.78 Å². The van der Waals surface area contributed by atoms with Gasteiger partial charge in [-0.05, 0) is 30.7 Å². The number of ether oxygens (including phenoxy) is 3. The van der Waals surface area contributed by atoms with Crippen molar-refractivity contribution in [2.75, 3.05) is 20.8 Å². The number of carbonyl (C=O) groups is 1. The highest BCUT2D eigenvalue weighted by Gasteiger charge is 2.13. The summed E-state index contributed by atoms with van der Waals surface area (Å²) in [7, 11) is 2.78. The number of alkyl halides is 2. The molecule has 7 nitrogen and oxygen atoms in total. The van der Waals surface area contributed by atoms with E-state index in [1.54, 1.807) is 36.4 Å². The Labute approximate surface area is 174 Å². The van der Waals surface area contributed by atoms with E-state index in [2.05, 4.69) is 20.4 Å². The fourth-order valence-corrected chi connectivity index (χ4v) is 2.67. The van der Waals surface area contributed by atoms with E-state index in [0.717, 1.165) is 5.56 Å². The van der Waals surface area contributed by atoms with Crippen LogP contribution in [0.15, 0.2) is 47.5 Å². The van der Waals surface area contributed by atoms with Crippen molar-refractivity contribution in [2.24, 2.45) is 4.99 Å². The molecule has 2 rings (SSSR count). The van der Waals surface area contributed by atoms with E-state index in [-0.39, 0.29) is 18.8 Å². The van der Waals surface area contributed by atoms with Crippen LogP contribution in [-0.4, -0.2) is 39.3 Å². The molecule has 2 N–H and O–H groups in total. The number of para-hydroxylation sites is 1. The maximum atomic E-state index is 12.6. The molecule has 30 heavy (non-hydrogen) atoms. The number of rotatable bonds is 9. The lowest BCUT2D eigenvalue weighted by atomic mass is 10.1. The monoisotopic (exact) mass is 421 g/mol. The van der Waals surface area contributed by atoms with E-state index >= 15 is 0 Å². The number of carbonyl (C=O) groups excluding carboxylic acids is 1. The minimum Gasteiger partial charge on any atom is -0.496 e. The smallest absolute Gasteiger partial charge is 0.387 e. The number of nitrogens with zero attached hydrogens (tertiary/aromatic N) is 1. The highest BCUT2D eigenvalue weighted by atomic mass is 19.3. The van der Waals surface area contributed by atoms with Crippen LogP contribution in [0.5, 0.6) is 11.5 Å². The number of methoxy groups -OCH3 is 2. The Kier molecular flexibility index (Phi) is 8.86. The minimum absolute atomic E-state index is 0.105. The zero-order chi connectivity index (χ0) is 21.9.